The maximum Gasteiger partial charge on any atom is 0.306 e. The fourth-order valence-corrected chi connectivity index (χ4v) is 6.59. The molecule has 0 amide bonds. The standard InChI is InChI=1S/C20H36N2O4.C16H34N2O/c23-19(25-17-9-13-21-14-10-17)7-5-3-1-2-4-6-8-20(24)26-18-11-15-22-16-12-18;1-6-7-8-9-10-11-12-19-18-15(2,3)13-17-14-16(18,4)5/h17-18,21-22H,1-16H2;17H,6-14H2,1-5H3. The minimum absolute atomic E-state index is 0.0439. The second-order valence-corrected chi connectivity index (χ2v) is 14.6. The van der Waals surface area contributed by atoms with E-state index in [0.717, 1.165) is 110 Å². The number of unbranched alkanes of at least 4 members (excludes halogenated alkanes) is 10. The number of piperidine rings is 2. The third-order valence-electron chi connectivity index (χ3n) is 9.11. The molecule has 0 saturated carbocycles. The van der Waals surface area contributed by atoms with E-state index in [2.05, 4.69) is 55.6 Å². The first-order chi connectivity index (χ1) is 21.6. The Labute approximate surface area is 276 Å². The minimum atomic E-state index is -0.0439. The number of ether oxygens (including phenoxy) is 2. The number of piperazine rings is 1. The Morgan fingerprint density at radius 3 is 1.44 bits per heavy atom. The molecule has 3 saturated heterocycles. The van der Waals surface area contributed by atoms with Gasteiger partial charge in [-0.15, -0.1) is 0 Å². The quantitative estimate of drug-likeness (QED) is 0.109. The zero-order valence-corrected chi connectivity index (χ0v) is 29.8. The Kier molecular flexibility index (Phi) is 20.5. The van der Waals surface area contributed by atoms with Crippen molar-refractivity contribution in [1.29, 1.82) is 0 Å². The number of carbonyl (C=O) groups excluding carboxylic acids is 2. The van der Waals surface area contributed by atoms with Crippen LogP contribution in [0.2, 0.25) is 0 Å². The van der Waals surface area contributed by atoms with Crippen molar-refractivity contribution < 1.29 is 23.9 Å². The van der Waals surface area contributed by atoms with Gasteiger partial charge in [-0.3, -0.25) is 14.4 Å². The van der Waals surface area contributed by atoms with Crippen molar-refractivity contribution in [1.82, 2.24) is 21.0 Å². The number of nitrogens with zero attached hydrogens (tertiary/aromatic N) is 1. The molecule has 0 aromatic heterocycles. The molecule has 3 heterocycles. The molecule has 0 atom stereocenters. The van der Waals surface area contributed by atoms with Crippen molar-refractivity contribution in [3.63, 3.8) is 0 Å². The molecule has 3 fully saturated rings. The number of carbonyl (C=O) groups is 2. The summed E-state index contributed by atoms with van der Waals surface area (Å²) in [7, 11) is 0. The lowest BCUT2D eigenvalue weighted by Crippen LogP contribution is -2.67. The summed E-state index contributed by atoms with van der Waals surface area (Å²) in [6, 6.07) is 0. The summed E-state index contributed by atoms with van der Waals surface area (Å²) < 4.78 is 11.0. The number of hydroxylamine groups is 2. The summed E-state index contributed by atoms with van der Waals surface area (Å²) >= 11 is 0. The Balaban J connectivity index is 0.000000330. The van der Waals surface area contributed by atoms with Crippen LogP contribution < -0.4 is 16.0 Å². The maximum atomic E-state index is 11.8. The smallest absolute Gasteiger partial charge is 0.306 e. The van der Waals surface area contributed by atoms with E-state index in [9.17, 15) is 9.59 Å². The molecule has 9 nitrogen and oxygen atoms in total. The molecular formula is C36H70N4O5. The van der Waals surface area contributed by atoms with E-state index in [1.54, 1.807) is 0 Å². The molecule has 3 rings (SSSR count). The van der Waals surface area contributed by atoms with Gasteiger partial charge in [-0.1, -0.05) is 64.7 Å². The second kappa shape index (κ2) is 23.1. The first kappa shape index (κ1) is 39.9. The molecule has 0 aromatic rings. The summed E-state index contributed by atoms with van der Waals surface area (Å²) in [5.74, 6) is -0.0879. The van der Waals surface area contributed by atoms with Crippen LogP contribution in [0.1, 0.15) is 150 Å². The van der Waals surface area contributed by atoms with Crippen molar-refractivity contribution in [2.75, 3.05) is 45.9 Å². The summed E-state index contributed by atoms with van der Waals surface area (Å²) in [5, 5.41) is 12.3. The zero-order valence-electron chi connectivity index (χ0n) is 29.8. The van der Waals surface area contributed by atoms with Gasteiger partial charge in [0.05, 0.1) is 17.7 Å². The van der Waals surface area contributed by atoms with Crippen LogP contribution in [0.4, 0.5) is 0 Å². The van der Waals surface area contributed by atoms with Crippen molar-refractivity contribution in [3.05, 3.63) is 0 Å². The van der Waals surface area contributed by atoms with Crippen LogP contribution in [0.15, 0.2) is 0 Å². The Morgan fingerprint density at radius 1 is 0.600 bits per heavy atom. The van der Waals surface area contributed by atoms with Crippen LogP contribution in [0.5, 0.6) is 0 Å². The lowest BCUT2D eigenvalue weighted by Gasteiger charge is -2.51. The minimum Gasteiger partial charge on any atom is -0.462 e. The van der Waals surface area contributed by atoms with E-state index >= 15 is 0 Å². The van der Waals surface area contributed by atoms with Crippen LogP contribution in [0.25, 0.3) is 0 Å². The first-order valence-corrected chi connectivity index (χ1v) is 18.6. The fourth-order valence-electron chi connectivity index (χ4n) is 6.59. The lowest BCUT2D eigenvalue weighted by atomic mass is 9.92. The lowest BCUT2D eigenvalue weighted by molar-refractivity contribution is -0.274. The average molecular weight is 639 g/mol. The molecule has 0 bridgehead atoms. The van der Waals surface area contributed by atoms with Gasteiger partial charge in [-0.05, 0) is 98.8 Å². The van der Waals surface area contributed by atoms with Crippen LogP contribution in [-0.4, -0.2) is 86.2 Å². The number of nitrogens with one attached hydrogen (secondary N) is 3. The van der Waals surface area contributed by atoms with Crippen LogP contribution in [0.3, 0.4) is 0 Å². The SMILES string of the molecule is CCCCCCCCON1C(C)(C)CNCC1(C)C.O=C(CCCCCCCCC(=O)OC1CCNCC1)OC1CCNCC1. The van der Waals surface area contributed by atoms with Gasteiger partial charge in [-0.25, -0.2) is 0 Å². The van der Waals surface area contributed by atoms with Gasteiger partial charge < -0.3 is 25.4 Å². The molecule has 3 aliphatic rings. The largest absolute Gasteiger partial charge is 0.462 e. The van der Waals surface area contributed by atoms with Gasteiger partial charge in [0.2, 0.25) is 0 Å². The zero-order chi connectivity index (χ0) is 32.8. The van der Waals surface area contributed by atoms with E-state index in [1.165, 1.54) is 38.5 Å². The van der Waals surface area contributed by atoms with Crippen LogP contribution >= 0.6 is 0 Å². The fraction of sp³-hybridized carbons (Fsp3) is 0.944. The van der Waals surface area contributed by atoms with Crippen molar-refractivity contribution in [2.45, 2.75) is 173 Å². The van der Waals surface area contributed by atoms with Crippen molar-refractivity contribution >= 4 is 11.9 Å². The average Bonchev–Trinajstić information content (AvgIpc) is 3.00. The molecule has 45 heavy (non-hydrogen) atoms. The molecule has 0 aliphatic carbocycles. The summed E-state index contributed by atoms with van der Waals surface area (Å²) in [5.41, 5.74) is 0.147. The van der Waals surface area contributed by atoms with Crippen molar-refractivity contribution in [2.24, 2.45) is 0 Å². The molecule has 0 radical (unpaired) electrons. The normalized spacial score (nSPS) is 20.6. The monoisotopic (exact) mass is 639 g/mol. The first-order valence-electron chi connectivity index (χ1n) is 18.6. The van der Waals surface area contributed by atoms with Gasteiger partial charge in [0.1, 0.15) is 12.2 Å². The van der Waals surface area contributed by atoms with Gasteiger partial charge in [0.25, 0.3) is 0 Å². The number of hydrogen-bond acceptors (Lipinski definition) is 9. The molecular weight excluding hydrogens is 568 g/mol. The van der Waals surface area contributed by atoms with E-state index in [0.29, 0.717) is 12.8 Å². The topological polar surface area (TPSA) is 101 Å². The number of rotatable bonds is 19. The molecule has 9 heteroatoms. The highest BCUT2D eigenvalue weighted by Gasteiger charge is 2.42. The predicted octanol–water partition coefficient (Wildman–Crippen LogP) is 6.44. The summed E-state index contributed by atoms with van der Waals surface area (Å²) in [6.07, 6.45) is 19.1. The predicted molar refractivity (Wildman–Crippen MR) is 183 cm³/mol. The summed E-state index contributed by atoms with van der Waals surface area (Å²) in [4.78, 5) is 29.7. The van der Waals surface area contributed by atoms with E-state index in [4.69, 9.17) is 14.3 Å². The van der Waals surface area contributed by atoms with Gasteiger partial charge >= 0.3 is 11.9 Å². The van der Waals surface area contributed by atoms with E-state index in [1.807, 2.05) is 0 Å². The molecule has 0 aromatic carbocycles. The third kappa shape index (κ3) is 18.0. The van der Waals surface area contributed by atoms with Crippen LogP contribution in [-0.2, 0) is 23.9 Å². The highest BCUT2D eigenvalue weighted by molar-refractivity contribution is 5.69. The van der Waals surface area contributed by atoms with Gasteiger partial charge in [0.15, 0.2) is 0 Å². The number of esters is 2. The number of hydrogen-bond donors (Lipinski definition) is 3. The van der Waals surface area contributed by atoms with Crippen LogP contribution in [0, 0.1) is 0 Å². The van der Waals surface area contributed by atoms with E-state index in [-0.39, 0.29) is 35.2 Å². The Morgan fingerprint density at radius 2 is 1.00 bits per heavy atom. The Bertz CT molecular complexity index is 727. The molecule has 264 valence electrons. The van der Waals surface area contributed by atoms with Gasteiger partial charge in [-0.2, -0.15) is 5.06 Å². The molecule has 3 aliphatic heterocycles. The Hall–Kier alpha value is -1.26. The summed E-state index contributed by atoms with van der Waals surface area (Å²) in [6.45, 7) is 17.9. The van der Waals surface area contributed by atoms with Gasteiger partial charge in [0, 0.05) is 25.9 Å². The highest BCUT2D eigenvalue weighted by Crippen LogP contribution is 2.28. The maximum absolute atomic E-state index is 11.8. The molecule has 0 spiro atoms. The molecule has 0 unspecified atom stereocenters. The molecule has 3 N–H and O–H groups in total. The highest BCUT2D eigenvalue weighted by atomic mass is 16.7. The second-order valence-electron chi connectivity index (χ2n) is 14.6. The third-order valence-corrected chi connectivity index (χ3v) is 9.11. The van der Waals surface area contributed by atoms with E-state index < -0.39 is 0 Å². The van der Waals surface area contributed by atoms with Crippen molar-refractivity contribution in [3.8, 4) is 0 Å².